The van der Waals surface area contributed by atoms with Crippen molar-refractivity contribution in [1.29, 1.82) is 0 Å². The molecule has 0 radical (unpaired) electrons. The van der Waals surface area contributed by atoms with Gasteiger partial charge >= 0.3 is 0 Å². The lowest BCUT2D eigenvalue weighted by molar-refractivity contribution is 0.998. The van der Waals surface area contributed by atoms with Crippen molar-refractivity contribution in [2.75, 3.05) is 0 Å². The van der Waals surface area contributed by atoms with E-state index >= 15 is 0 Å². The maximum Gasteiger partial charge on any atom is 0.235 e. The summed E-state index contributed by atoms with van der Waals surface area (Å²) in [5.74, 6) is 0.615. The lowest BCUT2D eigenvalue weighted by Crippen LogP contribution is -2.06. The number of nitrogens with zero attached hydrogens (tertiary/aromatic N) is 4. The second-order valence-electron chi connectivity index (χ2n) is 17.2. The standard InChI is InChI=1S/C62H38N4/c1-4-18-39(19-5-1)40-32-34-42(35-33-40)54-38-53(41-20-6-2-7-21-41)63-62(64-54)66-60-52(37-36-51-46-26-16-17-31-55(46)65(59(51)60)43-22-8-3-9-23-43)57-50-30-15-14-29-49(50)56-47-27-12-10-24-44(47)45-25-11-13-28-48(45)58(56)61(57)66/h1-38H. The third kappa shape index (κ3) is 5.33. The Kier molecular flexibility index (Phi) is 7.95. The van der Waals surface area contributed by atoms with E-state index in [9.17, 15) is 0 Å². The highest BCUT2D eigenvalue weighted by molar-refractivity contribution is 6.43. The van der Waals surface area contributed by atoms with Gasteiger partial charge in [0.1, 0.15) is 0 Å². The Labute approximate surface area is 379 Å². The summed E-state index contributed by atoms with van der Waals surface area (Å²) >= 11 is 0. The first-order valence-corrected chi connectivity index (χ1v) is 22.6. The summed E-state index contributed by atoms with van der Waals surface area (Å²) < 4.78 is 4.88. The first kappa shape index (κ1) is 36.6. The number of para-hydroxylation sites is 2. The van der Waals surface area contributed by atoms with Crippen LogP contribution in [0, 0.1) is 0 Å². The Morgan fingerprint density at radius 1 is 0.258 bits per heavy atom. The SMILES string of the molecule is c1ccc(-c2ccc(-c3cc(-c4ccccc4)nc(-n4c5c(c6ccccc6c6c7ccccc7c7ccccc7c65)c5ccc6c7ccccc7n(-c7ccccc7)c6c54)n3)cc2)cc1. The molecule has 0 aliphatic rings. The number of rotatable bonds is 5. The van der Waals surface area contributed by atoms with E-state index in [2.05, 4.69) is 240 Å². The number of hydrogen-bond acceptors (Lipinski definition) is 2. The predicted molar refractivity (Wildman–Crippen MR) is 277 cm³/mol. The molecule has 0 N–H and O–H groups in total. The molecule has 0 aliphatic heterocycles. The second-order valence-corrected chi connectivity index (χ2v) is 17.2. The molecule has 0 spiro atoms. The van der Waals surface area contributed by atoms with Gasteiger partial charge in [-0.2, -0.15) is 0 Å². The molecular weight excluding hydrogens is 801 g/mol. The van der Waals surface area contributed by atoms with Crippen molar-refractivity contribution in [2.45, 2.75) is 0 Å². The summed E-state index contributed by atoms with van der Waals surface area (Å²) in [7, 11) is 0. The quantitative estimate of drug-likeness (QED) is 0.162. The van der Waals surface area contributed by atoms with Crippen LogP contribution in [-0.2, 0) is 0 Å². The van der Waals surface area contributed by atoms with Crippen LogP contribution >= 0.6 is 0 Å². The van der Waals surface area contributed by atoms with Gasteiger partial charge in [0.2, 0.25) is 5.95 Å². The number of hydrogen-bond donors (Lipinski definition) is 0. The van der Waals surface area contributed by atoms with Crippen molar-refractivity contribution in [2.24, 2.45) is 0 Å². The van der Waals surface area contributed by atoms with Crippen molar-refractivity contribution < 1.29 is 0 Å². The first-order valence-electron chi connectivity index (χ1n) is 22.6. The molecule has 0 saturated carbocycles. The molecule has 11 aromatic carbocycles. The average Bonchev–Trinajstić information content (AvgIpc) is 3.93. The topological polar surface area (TPSA) is 35.6 Å². The highest BCUT2D eigenvalue weighted by Crippen LogP contribution is 2.50. The van der Waals surface area contributed by atoms with Gasteiger partial charge in [0.15, 0.2) is 0 Å². The van der Waals surface area contributed by atoms with Crippen molar-refractivity contribution in [3.8, 4) is 45.3 Å². The van der Waals surface area contributed by atoms with Crippen LogP contribution in [0.1, 0.15) is 0 Å². The molecule has 0 aliphatic carbocycles. The number of benzene rings is 11. The number of fused-ring (bicyclic) bond motifs is 17. The van der Waals surface area contributed by atoms with E-state index in [1.807, 2.05) is 0 Å². The van der Waals surface area contributed by atoms with E-state index in [0.717, 1.165) is 61.2 Å². The Morgan fingerprint density at radius 2 is 0.682 bits per heavy atom. The summed E-state index contributed by atoms with van der Waals surface area (Å²) in [4.78, 5) is 11.4. The van der Waals surface area contributed by atoms with Gasteiger partial charge in [-0.1, -0.05) is 206 Å². The van der Waals surface area contributed by atoms with Gasteiger partial charge in [0, 0.05) is 49.1 Å². The third-order valence-electron chi connectivity index (χ3n) is 13.7. The molecular formula is C62H38N4. The number of aromatic nitrogens is 4. The molecule has 0 atom stereocenters. The maximum absolute atomic E-state index is 5.71. The summed E-state index contributed by atoms with van der Waals surface area (Å²) in [6.45, 7) is 0. The van der Waals surface area contributed by atoms with Crippen LogP contribution < -0.4 is 0 Å². The van der Waals surface area contributed by atoms with E-state index in [0.29, 0.717) is 5.95 Å². The van der Waals surface area contributed by atoms with E-state index in [4.69, 9.17) is 9.97 Å². The summed E-state index contributed by atoms with van der Waals surface area (Å²) in [6.07, 6.45) is 0. The fourth-order valence-corrected chi connectivity index (χ4v) is 10.9. The highest BCUT2D eigenvalue weighted by Gasteiger charge is 2.27. The minimum atomic E-state index is 0.615. The third-order valence-corrected chi connectivity index (χ3v) is 13.7. The monoisotopic (exact) mass is 838 g/mol. The van der Waals surface area contributed by atoms with Crippen molar-refractivity contribution >= 4 is 86.7 Å². The fourth-order valence-electron chi connectivity index (χ4n) is 10.9. The summed E-state index contributed by atoms with van der Waals surface area (Å²) in [5.41, 5.74) is 11.6. The average molecular weight is 839 g/mol. The van der Waals surface area contributed by atoms with Gasteiger partial charge in [-0.15, -0.1) is 0 Å². The Morgan fingerprint density at radius 3 is 1.32 bits per heavy atom. The molecule has 4 nitrogen and oxygen atoms in total. The fraction of sp³-hybridized carbons (Fsp3) is 0. The minimum Gasteiger partial charge on any atom is -0.307 e. The summed E-state index contributed by atoms with van der Waals surface area (Å²) in [5, 5.41) is 14.4. The minimum absolute atomic E-state index is 0.615. The van der Waals surface area contributed by atoms with Gasteiger partial charge in [-0.25, -0.2) is 9.97 Å². The lowest BCUT2D eigenvalue weighted by atomic mass is 9.89. The van der Waals surface area contributed by atoms with Crippen LogP contribution in [-0.4, -0.2) is 19.1 Å². The zero-order valence-corrected chi connectivity index (χ0v) is 35.7. The van der Waals surface area contributed by atoms with Crippen LogP contribution in [0.15, 0.2) is 231 Å². The molecule has 66 heavy (non-hydrogen) atoms. The Balaban J connectivity index is 1.24. The predicted octanol–water partition coefficient (Wildman–Crippen LogP) is 16.3. The van der Waals surface area contributed by atoms with Gasteiger partial charge in [0.25, 0.3) is 0 Å². The summed E-state index contributed by atoms with van der Waals surface area (Å²) in [6, 6.07) is 83.1. The van der Waals surface area contributed by atoms with E-state index in [1.54, 1.807) is 0 Å². The van der Waals surface area contributed by atoms with Crippen LogP contribution in [0.5, 0.6) is 0 Å². The van der Waals surface area contributed by atoms with Gasteiger partial charge in [-0.3, -0.25) is 4.57 Å². The van der Waals surface area contributed by atoms with Crippen LogP contribution in [0.25, 0.3) is 132 Å². The molecule has 3 aromatic heterocycles. The lowest BCUT2D eigenvalue weighted by Gasteiger charge is -2.17. The second kappa shape index (κ2) is 14.3. The molecule has 14 aromatic rings. The Hall–Kier alpha value is -8.86. The molecule has 0 bridgehead atoms. The zero-order chi connectivity index (χ0) is 43.3. The van der Waals surface area contributed by atoms with Crippen LogP contribution in [0.4, 0.5) is 0 Å². The molecule has 0 amide bonds. The largest absolute Gasteiger partial charge is 0.307 e. The maximum atomic E-state index is 5.71. The van der Waals surface area contributed by atoms with E-state index in [1.165, 1.54) is 64.8 Å². The van der Waals surface area contributed by atoms with Gasteiger partial charge in [-0.05, 0) is 67.7 Å². The molecule has 0 saturated heterocycles. The van der Waals surface area contributed by atoms with Gasteiger partial charge in [0.05, 0.1) is 33.5 Å². The van der Waals surface area contributed by atoms with Crippen molar-refractivity contribution in [3.05, 3.63) is 231 Å². The molecule has 3 heterocycles. The zero-order valence-electron chi connectivity index (χ0n) is 35.7. The molecule has 0 fully saturated rings. The Bertz CT molecular complexity index is 4240. The van der Waals surface area contributed by atoms with Crippen LogP contribution in [0.3, 0.4) is 0 Å². The van der Waals surface area contributed by atoms with Crippen molar-refractivity contribution in [3.63, 3.8) is 0 Å². The molecule has 0 unspecified atom stereocenters. The van der Waals surface area contributed by atoms with E-state index < -0.39 is 0 Å². The molecule has 14 rings (SSSR count). The molecule has 4 heteroatoms. The van der Waals surface area contributed by atoms with Crippen molar-refractivity contribution in [1.82, 2.24) is 19.1 Å². The van der Waals surface area contributed by atoms with Crippen LogP contribution in [0.2, 0.25) is 0 Å². The normalized spacial score (nSPS) is 11.9. The van der Waals surface area contributed by atoms with Gasteiger partial charge < -0.3 is 4.57 Å². The smallest absolute Gasteiger partial charge is 0.235 e. The highest BCUT2D eigenvalue weighted by atomic mass is 15.2. The van der Waals surface area contributed by atoms with E-state index in [-0.39, 0.29) is 0 Å². The first-order chi connectivity index (χ1) is 32.8. The molecule has 306 valence electrons.